The number of halogens is 3. The van der Waals surface area contributed by atoms with Crippen molar-refractivity contribution >= 4 is 43.5 Å². The first kappa shape index (κ1) is 16.9. The van der Waals surface area contributed by atoms with E-state index in [9.17, 15) is 0 Å². The second-order valence-electron chi connectivity index (χ2n) is 4.95. The summed E-state index contributed by atoms with van der Waals surface area (Å²) in [6.07, 6.45) is 1.93. The van der Waals surface area contributed by atoms with Crippen LogP contribution >= 0.6 is 43.5 Å². The highest BCUT2D eigenvalue weighted by Gasteiger charge is 2.09. The topological polar surface area (TPSA) is 9.23 Å². The lowest BCUT2D eigenvalue weighted by Crippen LogP contribution is -2.11. The molecule has 1 nitrogen and oxygen atoms in total. The van der Waals surface area contributed by atoms with Gasteiger partial charge in [-0.1, -0.05) is 44.0 Å². The summed E-state index contributed by atoms with van der Waals surface area (Å²) in [5.41, 5.74) is 1.30. The molecule has 0 saturated heterocycles. The minimum Gasteiger partial charge on any atom is -0.494 e. The van der Waals surface area contributed by atoms with Gasteiger partial charge >= 0.3 is 0 Å². The van der Waals surface area contributed by atoms with Gasteiger partial charge in [-0.15, -0.1) is 11.6 Å². The largest absolute Gasteiger partial charge is 0.494 e. The minimum absolute atomic E-state index is 0.427. The summed E-state index contributed by atoms with van der Waals surface area (Å²) in [6, 6.07) is 16.3. The summed E-state index contributed by atoms with van der Waals surface area (Å²) in [4.78, 5) is 0. The van der Waals surface area contributed by atoms with Crippen molar-refractivity contribution in [2.45, 2.75) is 12.8 Å². The number of hydrogen-bond acceptors (Lipinski definition) is 1. The van der Waals surface area contributed by atoms with Gasteiger partial charge in [-0.2, -0.15) is 0 Å². The number of rotatable bonds is 7. The standard InChI is InChI=1S/C17H17Br2ClO/c18-15-4-6-17(7-5-15)21-9-8-14(12-20)10-13-2-1-3-16(19)11-13/h1-7,11,14H,8-10,12H2. The number of hydrogen-bond donors (Lipinski definition) is 0. The van der Waals surface area contributed by atoms with Gasteiger partial charge in [-0.05, 0) is 60.7 Å². The normalized spacial score (nSPS) is 12.1. The van der Waals surface area contributed by atoms with Crippen LogP contribution in [-0.4, -0.2) is 12.5 Å². The molecule has 0 aliphatic carbocycles. The van der Waals surface area contributed by atoms with Gasteiger partial charge in [0.15, 0.2) is 0 Å². The van der Waals surface area contributed by atoms with Crippen LogP contribution in [0.4, 0.5) is 0 Å². The van der Waals surface area contributed by atoms with Gasteiger partial charge in [-0.3, -0.25) is 0 Å². The molecule has 0 heterocycles. The Kier molecular flexibility index (Phi) is 7.08. The van der Waals surface area contributed by atoms with Crippen LogP contribution in [0, 0.1) is 5.92 Å². The Hall–Kier alpha value is -0.510. The molecule has 0 aliphatic rings. The van der Waals surface area contributed by atoms with Crippen LogP contribution in [0.3, 0.4) is 0 Å². The molecule has 2 rings (SSSR count). The molecule has 2 aromatic carbocycles. The quantitative estimate of drug-likeness (QED) is 0.482. The van der Waals surface area contributed by atoms with Gasteiger partial charge in [0.2, 0.25) is 0 Å². The molecule has 1 unspecified atom stereocenters. The van der Waals surface area contributed by atoms with Crippen LogP contribution in [0.2, 0.25) is 0 Å². The van der Waals surface area contributed by atoms with E-state index in [1.54, 1.807) is 0 Å². The zero-order valence-corrected chi connectivity index (χ0v) is 15.5. The van der Waals surface area contributed by atoms with Gasteiger partial charge < -0.3 is 4.74 Å². The van der Waals surface area contributed by atoms with Gasteiger partial charge in [-0.25, -0.2) is 0 Å². The Morgan fingerprint density at radius 1 is 1.00 bits per heavy atom. The van der Waals surface area contributed by atoms with Crippen molar-refractivity contribution in [2.75, 3.05) is 12.5 Å². The summed E-state index contributed by atoms with van der Waals surface area (Å²) < 4.78 is 7.94. The first-order valence-corrected chi connectivity index (χ1v) is 8.98. The van der Waals surface area contributed by atoms with Crippen LogP contribution in [-0.2, 0) is 6.42 Å². The summed E-state index contributed by atoms with van der Waals surface area (Å²) in [5.74, 6) is 1.97. The Balaban J connectivity index is 1.81. The maximum Gasteiger partial charge on any atom is 0.119 e. The molecule has 0 spiro atoms. The number of alkyl halides is 1. The van der Waals surface area contributed by atoms with Crippen molar-refractivity contribution < 1.29 is 4.74 Å². The Morgan fingerprint density at radius 2 is 1.76 bits per heavy atom. The molecule has 0 bridgehead atoms. The van der Waals surface area contributed by atoms with E-state index >= 15 is 0 Å². The average Bonchev–Trinajstić information content (AvgIpc) is 2.48. The van der Waals surface area contributed by atoms with E-state index in [1.807, 2.05) is 30.3 Å². The molecule has 2 aromatic rings. The monoisotopic (exact) mass is 430 g/mol. The molecule has 112 valence electrons. The van der Waals surface area contributed by atoms with E-state index in [0.717, 1.165) is 27.5 Å². The molecule has 4 heteroatoms. The van der Waals surface area contributed by atoms with Gasteiger partial charge in [0.1, 0.15) is 5.75 Å². The Labute approximate surface area is 147 Å². The molecule has 21 heavy (non-hydrogen) atoms. The Morgan fingerprint density at radius 3 is 2.43 bits per heavy atom. The van der Waals surface area contributed by atoms with E-state index in [0.29, 0.717) is 18.4 Å². The predicted molar refractivity (Wildman–Crippen MR) is 96.3 cm³/mol. The van der Waals surface area contributed by atoms with Crippen molar-refractivity contribution in [2.24, 2.45) is 5.92 Å². The van der Waals surface area contributed by atoms with Gasteiger partial charge in [0.05, 0.1) is 6.61 Å². The minimum atomic E-state index is 0.427. The highest BCUT2D eigenvalue weighted by Crippen LogP contribution is 2.20. The number of benzene rings is 2. The van der Waals surface area contributed by atoms with Crippen LogP contribution in [0.5, 0.6) is 5.75 Å². The number of ether oxygens (including phenoxy) is 1. The summed E-state index contributed by atoms with van der Waals surface area (Å²) in [6.45, 7) is 0.688. The molecule has 0 saturated carbocycles. The predicted octanol–water partition coefficient (Wildman–Crippen LogP) is 6.08. The highest BCUT2D eigenvalue weighted by molar-refractivity contribution is 9.10. The molecule has 0 fully saturated rings. The maximum absolute atomic E-state index is 6.09. The molecular formula is C17H17Br2ClO. The molecule has 0 aliphatic heterocycles. The van der Waals surface area contributed by atoms with E-state index in [-0.39, 0.29) is 0 Å². The van der Waals surface area contributed by atoms with E-state index in [2.05, 4.69) is 50.1 Å². The fourth-order valence-electron chi connectivity index (χ4n) is 2.11. The fourth-order valence-corrected chi connectivity index (χ4v) is 3.08. The van der Waals surface area contributed by atoms with Crippen LogP contribution in [0.1, 0.15) is 12.0 Å². The first-order valence-electron chi connectivity index (χ1n) is 6.86. The zero-order chi connectivity index (χ0) is 15.1. The first-order chi connectivity index (χ1) is 10.2. The molecule has 0 N–H and O–H groups in total. The second-order valence-corrected chi connectivity index (χ2v) is 7.09. The zero-order valence-electron chi connectivity index (χ0n) is 11.6. The van der Waals surface area contributed by atoms with Gasteiger partial charge in [0, 0.05) is 14.8 Å². The smallest absolute Gasteiger partial charge is 0.119 e. The van der Waals surface area contributed by atoms with Gasteiger partial charge in [0.25, 0.3) is 0 Å². The SMILES string of the molecule is ClCC(CCOc1ccc(Br)cc1)Cc1cccc(Br)c1. The lowest BCUT2D eigenvalue weighted by molar-refractivity contribution is 0.284. The lowest BCUT2D eigenvalue weighted by Gasteiger charge is -2.15. The summed E-state index contributed by atoms with van der Waals surface area (Å²) in [5, 5.41) is 0. The van der Waals surface area contributed by atoms with Crippen molar-refractivity contribution in [3.63, 3.8) is 0 Å². The summed E-state index contributed by atoms with van der Waals surface area (Å²) >= 11 is 13.0. The molecule has 0 radical (unpaired) electrons. The van der Waals surface area contributed by atoms with Crippen molar-refractivity contribution in [1.29, 1.82) is 0 Å². The fraction of sp³-hybridized carbons (Fsp3) is 0.294. The Bertz CT molecular complexity index is 557. The second kappa shape index (κ2) is 8.82. The van der Waals surface area contributed by atoms with E-state index in [1.165, 1.54) is 5.56 Å². The van der Waals surface area contributed by atoms with Crippen molar-refractivity contribution in [1.82, 2.24) is 0 Å². The third-order valence-corrected chi connectivity index (χ3v) is 4.70. The highest BCUT2D eigenvalue weighted by atomic mass is 79.9. The van der Waals surface area contributed by atoms with Crippen LogP contribution < -0.4 is 4.74 Å². The van der Waals surface area contributed by atoms with E-state index in [4.69, 9.17) is 16.3 Å². The van der Waals surface area contributed by atoms with Crippen molar-refractivity contribution in [3.8, 4) is 5.75 Å². The molecule has 0 amide bonds. The van der Waals surface area contributed by atoms with Crippen LogP contribution in [0.25, 0.3) is 0 Å². The van der Waals surface area contributed by atoms with Crippen molar-refractivity contribution in [3.05, 3.63) is 63.0 Å². The van der Waals surface area contributed by atoms with Crippen LogP contribution in [0.15, 0.2) is 57.5 Å². The average molecular weight is 433 g/mol. The molecular weight excluding hydrogens is 415 g/mol. The third kappa shape index (κ3) is 6.01. The summed E-state index contributed by atoms with van der Waals surface area (Å²) in [7, 11) is 0. The third-order valence-electron chi connectivity index (χ3n) is 3.24. The van der Waals surface area contributed by atoms with E-state index < -0.39 is 0 Å². The molecule has 1 atom stereocenters. The maximum atomic E-state index is 6.09. The molecule has 0 aromatic heterocycles. The lowest BCUT2D eigenvalue weighted by atomic mass is 9.98.